The highest BCUT2D eigenvalue weighted by atomic mass is 16.5. The molecule has 0 bridgehead atoms. The van der Waals surface area contributed by atoms with Crippen molar-refractivity contribution in [1.29, 1.82) is 5.26 Å². The van der Waals surface area contributed by atoms with Crippen LogP contribution in [0.4, 0.5) is 0 Å². The SMILES string of the molecule is CC(=O)CNCCOCCOCCOCCC#N. The van der Waals surface area contributed by atoms with Gasteiger partial charge in [-0.15, -0.1) is 0 Å². The van der Waals surface area contributed by atoms with E-state index < -0.39 is 0 Å². The van der Waals surface area contributed by atoms with Crippen molar-refractivity contribution < 1.29 is 19.0 Å². The van der Waals surface area contributed by atoms with Crippen LogP contribution in [0, 0.1) is 11.3 Å². The van der Waals surface area contributed by atoms with E-state index in [0.29, 0.717) is 59.2 Å². The Labute approximate surface area is 108 Å². The molecule has 0 radical (unpaired) electrons. The highest BCUT2D eigenvalue weighted by Gasteiger charge is 1.93. The van der Waals surface area contributed by atoms with Gasteiger partial charge < -0.3 is 19.5 Å². The molecule has 0 saturated heterocycles. The zero-order valence-corrected chi connectivity index (χ0v) is 10.9. The van der Waals surface area contributed by atoms with Crippen LogP contribution in [-0.4, -0.2) is 58.5 Å². The second kappa shape index (κ2) is 14.1. The van der Waals surface area contributed by atoms with Crippen LogP contribution < -0.4 is 5.32 Å². The minimum absolute atomic E-state index is 0.120. The molecule has 0 aliphatic rings. The molecule has 0 aromatic carbocycles. The molecule has 0 amide bonds. The summed E-state index contributed by atoms with van der Waals surface area (Å²) < 4.78 is 15.7. The number of carbonyl (C=O) groups is 1. The van der Waals surface area contributed by atoms with Crippen molar-refractivity contribution in [2.24, 2.45) is 0 Å². The summed E-state index contributed by atoms with van der Waals surface area (Å²) >= 11 is 0. The highest BCUT2D eigenvalue weighted by molar-refractivity contribution is 5.77. The van der Waals surface area contributed by atoms with E-state index in [1.165, 1.54) is 0 Å². The second-order valence-corrected chi connectivity index (χ2v) is 3.62. The quantitative estimate of drug-likeness (QED) is 0.473. The maximum absolute atomic E-state index is 10.6. The summed E-state index contributed by atoms with van der Waals surface area (Å²) in [5, 5.41) is 11.2. The number of hydrogen-bond acceptors (Lipinski definition) is 6. The molecule has 0 rings (SSSR count). The minimum Gasteiger partial charge on any atom is -0.378 e. The van der Waals surface area contributed by atoms with Crippen molar-refractivity contribution in [2.75, 3.05) is 52.7 Å². The molecule has 0 aliphatic carbocycles. The van der Waals surface area contributed by atoms with Gasteiger partial charge in [-0.3, -0.25) is 4.79 Å². The first-order valence-electron chi connectivity index (χ1n) is 6.07. The molecule has 104 valence electrons. The summed E-state index contributed by atoms with van der Waals surface area (Å²) in [6.45, 7) is 5.68. The summed E-state index contributed by atoms with van der Waals surface area (Å²) in [5.41, 5.74) is 0. The van der Waals surface area contributed by atoms with Crippen LogP contribution in [0.1, 0.15) is 13.3 Å². The fourth-order valence-corrected chi connectivity index (χ4v) is 1.07. The molecule has 1 N–H and O–H groups in total. The molecule has 0 unspecified atom stereocenters. The van der Waals surface area contributed by atoms with Gasteiger partial charge in [0.1, 0.15) is 5.78 Å². The van der Waals surface area contributed by atoms with Gasteiger partial charge in [0.05, 0.1) is 58.7 Å². The van der Waals surface area contributed by atoms with E-state index in [9.17, 15) is 4.79 Å². The van der Waals surface area contributed by atoms with E-state index in [2.05, 4.69) is 5.32 Å². The Morgan fingerprint density at radius 2 is 1.61 bits per heavy atom. The molecule has 0 aliphatic heterocycles. The number of rotatable bonds is 13. The maximum Gasteiger partial charge on any atom is 0.143 e. The molecular formula is C12H22N2O4. The van der Waals surface area contributed by atoms with Gasteiger partial charge in [0, 0.05) is 6.54 Å². The Morgan fingerprint density at radius 1 is 1.06 bits per heavy atom. The number of nitrogens with one attached hydrogen (secondary N) is 1. The molecule has 0 aromatic rings. The molecule has 0 aromatic heterocycles. The van der Waals surface area contributed by atoms with Crippen molar-refractivity contribution in [3.05, 3.63) is 0 Å². The molecule has 6 heteroatoms. The number of nitrogens with zero attached hydrogens (tertiary/aromatic N) is 1. The zero-order valence-electron chi connectivity index (χ0n) is 10.9. The van der Waals surface area contributed by atoms with Gasteiger partial charge in [-0.2, -0.15) is 5.26 Å². The number of nitriles is 1. The molecular weight excluding hydrogens is 236 g/mol. The summed E-state index contributed by atoms with van der Waals surface area (Å²) in [4.78, 5) is 10.6. The first-order chi connectivity index (χ1) is 8.77. The molecule has 0 fully saturated rings. The molecule has 18 heavy (non-hydrogen) atoms. The Morgan fingerprint density at radius 3 is 2.17 bits per heavy atom. The highest BCUT2D eigenvalue weighted by Crippen LogP contribution is 1.83. The van der Waals surface area contributed by atoms with Crippen molar-refractivity contribution in [3.63, 3.8) is 0 Å². The zero-order chi connectivity index (χ0) is 13.5. The van der Waals surface area contributed by atoms with Crippen molar-refractivity contribution >= 4 is 5.78 Å². The predicted octanol–water partition coefficient (Wildman–Crippen LogP) is 0.128. The predicted molar refractivity (Wildman–Crippen MR) is 66.2 cm³/mol. The molecule has 0 saturated carbocycles. The summed E-state index contributed by atoms with van der Waals surface area (Å²) in [6, 6.07) is 2.00. The summed E-state index contributed by atoms with van der Waals surface area (Å²) in [5.74, 6) is 0.120. The van der Waals surface area contributed by atoms with Gasteiger partial charge in [-0.05, 0) is 6.92 Å². The van der Waals surface area contributed by atoms with Crippen LogP contribution in [0.15, 0.2) is 0 Å². The van der Waals surface area contributed by atoms with E-state index in [0.717, 1.165) is 0 Å². The largest absolute Gasteiger partial charge is 0.378 e. The number of ketones is 1. The van der Waals surface area contributed by atoms with Crippen LogP contribution in [0.2, 0.25) is 0 Å². The fraction of sp³-hybridized carbons (Fsp3) is 0.833. The normalized spacial score (nSPS) is 10.2. The van der Waals surface area contributed by atoms with Crippen molar-refractivity contribution in [2.45, 2.75) is 13.3 Å². The number of Topliss-reactive ketones (excluding diaryl/α,β-unsaturated/α-hetero) is 1. The lowest BCUT2D eigenvalue weighted by Crippen LogP contribution is -2.25. The second-order valence-electron chi connectivity index (χ2n) is 3.62. The van der Waals surface area contributed by atoms with Crippen molar-refractivity contribution in [3.8, 4) is 6.07 Å². The maximum atomic E-state index is 10.6. The van der Waals surface area contributed by atoms with Crippen LogP contribution >= 0.6 is 0 Å². The third kappa shape index (κ3) is 15.0. The lowest BCUT2D eigenvalue weighted by atomic mass is 10.4. The Balaban J connectivity index is 2.95. The van der Waals surface area contributed by atoms with Crippen molar-refractivity contribution in [1.82, 2.24) is 5.32 Å². The van der Waals surface area contributed by atoms with Crippen LogP contribution in [0.5, 0.6) is 0 Å². The monoisotopic (exact) mass is 258 g/mol. The summed E-state index contributed by atoms with van der Waals surface area (Å²) in [6.07, 6.45) is 0.413. The lowest BCUT2D eigenvalue weighted by molar-refractivity contribution is -0.116. The van der Waals surface area contributed by atoms with Gasteiger partial charge >= 0.3 is 0 Å². The number of ether oxygens (including phenoxy) is 3. The molecule has 0 heterocycles. The Hall–Kier alpha value is -1.00. The molecule has 0 atom stereocenters. The van der Waals surface area contributed by atoms with Gasteiger partial charge in [-0.25, -0.2) is 0 Å². The Bertz CT molecular complexity index is 241. The van der Waals surface area contributed by atoms with Gasteiger partial charge in [0.2, 0.25) is 0 Å². The molecule has 6 nitrogen and oxygen atoms in total. The van der Waals surface area contributed by atoms with E-state index in [-0.39, 0.29) is 5.78 Å². The summed E-state index contributed by atoms with van der Waals surface area (Å²) in [7, 11) is 0. The number of carbonyl (C=O) groups excluding carboxylic acids is 1. The van der Waals surface area contributed by atoms with Crippen LogP contribution in [0.3, 0.4) is 0 Å². The minimum atomic E-state index is 0.120. The van der Waals surface area contributed by atoms with E-state index in [4.69, 9.17) is 19.5 Å². The average molecular weight is 258 g/mol. The smallest absolute Gasteiger partial charge is 0.143 e. The average Bonchev–Trinajstić information content (AvgIpc) is 2.34. The Kier molecular flexibility index (Phi) is 13.3. The first kappa shape index (κ1) is 17.0. The standard InChI is InChI=1S/C12H22N2O4/c1-12(15)11-14-4-6-17-8-10-18-9-7-16-5-2-3-13/h14H,2,4-11H2,1H3. The van der Waals surface area contributed by atoms with Gasteiger partial charge in [0.15, 0.2) is 0 Å². The topological polar surface area (TPSA) is 80.6 Å². The number of hydrogen-bond donors (Lipinski definition) is 1. The van der Waals surface area contributed by atoms with Gasteiger partial charge in [0.25, 0.3) is 0 Å². The fourth-order valence-electron chi connectivity index (χ4n) is 1.07. The first-order valence-corrected chi connectivity index (χ1v) is 6.07. The van der Waals surface area contributed by atoms with E-state index in [1.54, 1.807) is 6.92 Å². The van der Waals surface area contributed by atoms with Crippen LogP contribution in [-0.2, 0) is 19.0 Å². The van der Waals surface area contributed by atoms with E-state index in [1.807, 2.05) is 6.07 Å². The van der Waals surface area contributed by atoms with Gasteiger partial charge in [-0.1, -0.05) is 0 Å². The third-order valence-corrected chi connectivity index (χ3v) is 1.90. The third-order valence-electron chi connectivity index (χ3n) is 1.90. The lowest BCUT2D eigenvalue weighted by Gasteiger charge is -2.06. The van der Waals surface area contributed by atoms with Crippen LogP contribution in [0.25, 0.3) is 0 Å². The van der Waals surface area contributed by atoms with E-state index >= 15 is 0 Å². The molecule has 0 spiro atoms.